The highest BCUT2D eigenvalue weighted by atomic mass is 32.2. The van der Waals surface area contributed by atoms with E-state index in [1.165, 1.54) is 17.8 Å². The second-order valence-corrected chi connectivity index (χ2v) is 6.44. The molecule has 24 heavy (non-hydrogen) atoms. The minimum absolute atomic E-state index is 0.0908. The van der Waals surface area contributed by atoms with E-state index >= 15 is 0 Å². The number of pyridine rings is 1. The summed E-state index contributed by atoms with van der Waals surface area (Å²) in [6, 6.07) is 6.59. The zero-order valence-corrected chi connectivity index (χ0v) is 14.2. The molecule has 1 aromatic carbocycles. The first-order chi connectivity index (χ1) is 11.6. The molecule has 0 aliphatic carbocycles. The second kappa shape index (κ2) is 7.00. The lowest BCUT2D eigenvalue weighted by Gasteiger charge is -2.07. The first-order valence-electron chi connectivity index (χ1n) is 7.47. The Morgan fingerprint density at radius 1 is 1.33 bits per heavy atom. The van der Waals surface area contributed by atoms with Crippen LogP contribution in [0.5, 0.6) is 0 Å². The third kappa shape index (κ3) is 3.41. The van der Waals surface area contributed by atoms with Crippen molar-refractivity contribution in [2.75, 3.05) is 11.1 Å². The molecule has 0 aliphatic heterocycles. The van der Waals surface area contributed by atoms with E-state index in [2.05, 4.69) is 20.5 Å². The molecule has 0 atom stereocenters. The zero-order chi connectivity index (χ0) is 17.1. The van der Waals surface area contributed by atoms with Crippen LogP contribution in [0.4, 0.5) is 10.1 Å². The molecule has 3 aromatic rings. The van der Waals surface area contributed by atoms with E-state index < -0.39 is 0 Å². The molecule has 2 N–H and O–H groups in total. The van der Waals surface area contributed by atoms with Gasteiger partial charge >= 0.3 is 0 Å². The Labute approximate surface area is 143 Å². The van der Waals surface area contributed by atoms with Gasteiger partial charge in [-0.15, -0.1) is 11.8 Å². The average molecular weight is 344 g/mol. The van der Waals surface area contributed by atoms with E-state index in [1.807, 2.05) is 13.8 Å². The van der Waals surface area contributed by atoms with E-state index in [0.717, 1.165) is 22.6 Å². The van der Waals surface area contributed by atoms with Crippen molar-refractivity contribution in [3.8, 4) is 0 Å². The average Bonchev–Trinajstić information content (AvgIpc) is 2.89. The number of nitrogens with one attached hydrogen (secondary N) is 2. The minimum atomic E-state index is -0.282. The largest absolute Gasteiger partial charge is 0.322 e. The molecule has 0 fully saturated rings. The number of aromatic amines is 1. The van der Waals surface area contributed by atoms with Crippen molar-refractivity contribution in [1.29, 1.82) is 0 Å². The molecule has 0 saturated carbocycles. The summed E-state index contributed by atoms with van der Waals surface area (Å²) >= 11 is 1.46. The number of halogens is 1. The Morgan fingerprint density at radius 2 is 2.17 bits per heavy atom. The number of benzene rings is 1. The predicted molar refractivity (Wildman–Crippen MR) is 94.6 cm³/mol. The summed E-state index contributed by atoms with van der Waals surface area (Å²) in [4.78, 5) is 16.3. The highest BCUT2D eigenvalue weighted by Gasteiger charge is 2.11. The molecular weight excluding hydrogens is 327 g/mol. The molecule has 5 nitrogen and oxygen atoms in total. The number of anilines is 1. The van der Waals surface area contributed by atoms with E-state index in [9.17, 15) is 9.18 Å². The Kier molecular flexibility index (Phi) is 4.80. The van der Waals surface area contributed by atoms with Crippen molar-refractivity contribution in [1.82, 2.24) is 15.2 Å². The summed E-state index contributed by atoms with van der Waals surface area (Å²) in [5, 5.41) is 10.2. The highest BCUT2D eigenvalue weighted by molar-refractivity contribution is 7.99. The fourth-order valence-electron chi connectivity index (χ4n) is 2.48. The van der Waals surface area contributed by atoms with Gasteiger partial charge in [0.05, 0.1) is 28.3 Å². The standard InChI is InChI=1S/C17H17FN4OS/c1-10-16(11(2)22-21-10)20-15(23)9-24-8-12-5-6-14(18)13-4-3-7-19-17(12)13/h3-7H,8-9H2,1-2H3,(H,20,23)(H,21,22). The van der Waals surface area contributed by atoms with Gasteiger partial charge in [-0.2, -0.15) is 5.10 Å². The zero-order valence-electron chi connectivity index (χ0n) is 13.4. The van der Waals surface area contributed by atoms with Crippen LogP contribution >= 0.6 is 11.8 Å². The number of carbonyl (C=O) groups excluding carboxylic acids is 1. The lowest BCUT2D eigenvalue weighted by atomic mass is 10.1. The fraction of sp³-hybridized carbons (Fsp3) is 0.235. The maximum absolute atomic E-state index is 13.8. The lowest BCUT2D eigenvalue weighted by Crippen LogP contribution is -2.15. The van der Waals surface area contributed by atoms with E-state index in [0.29, 0.717) is 22.4 Å². The van der Waals surface area contributed by atoms with Crippen LogP contribution in [-0.2, 0) is 10.5 Å². The monoisotopic (exact) mass is 344 g/mol. The van der Waals surface area contributed by atoms with Gasteiger partial charge in [-0.05, 0) is 37.6 Å². The molecule has 0 spiro atoms. The first kappa shape index (κ1) is 16.4. The number of H-pyrrole nitrogens is 1. The van der Waals surface area contributed by atoms with Gasteiger partial charge in [0.1, 0.15) is 5.82 Å². The van der Waals surface area contributed by atoms with Crippen LogP contribution in [-0.4, -0.2) is 26.8 Å². The number of aromatic nitrogens is 3. The summed E-state index contributed by atoms with van der Waals surface area (Å²) in [7, 11) is 0. The Morgan fingerprint density at radius 3 is 2.92 bits per heavy atom. The maximum Gasteiger partial charge on any atom is 0.234 e. The number of fused-ring (bicyclic) bond motifs is 1. The second-order valence-electron chi connectivity index (χ2n) is 5.46. The first-order valence-corrected chi connectivity index (χ1v) is 8.63. The predicted octanol–water partition coefficient (Wildman–Crippen LogP) is 3.59. The molecule has 0 radical (unpaired) electrons. The van der Waals surface area contributed by atoms with Crippen molar-refractivity contribution >= 4 is 34.3 Å². The minimum Gasteiger partial charge on any atom is -0.322 e. The van der Waals surface area contributed by atoms with Gasteiger partial charge < -0.3 is 5.32 Å². The molecular formula is C17H17FN4OS. The van der Waals surface area contributed by atoms with Gasteiger partial charge in [0, 0.05) is 17.3 Å². The van der Waals surface area contributed by atoms with Crippen molar-refractivity contribution in [3.63, 3.8) is 0 Å². The molecule has 3 rings (SSSR count). The number of hydrogen-bond donors (Lipinski definition) is 2. The number of aryl methyl sites for hydroxylation is 2. The quantitative estimate of drug-likeness (QED) is 0.742. The van der Waals surface area contributed by atoms with E-state index in [1.54, 1.807) is 24.4 Å². The van der Waals surface area contributed by atoms with Crippen molar-refractivity contribution < 1.29 is 9.18 Å². The molecule has 0 saturated heterocycles. The SMILES string of the molecule is Cc1n[nH]c(C)c1NC(=O)CSCc1ccc(F)c2cccnc12. The van der Waals surface area contributed by atoms with Crippen LogP contribution in [0.25, 0.3) is 10.9 Å². The van der Waals surface area contributed by atoms with Gasteiger partial charge in [-0.3, -0.25) is 14.9 Å². The highest BCUT2D eigenvalue weighted by Crippen LogP contribution is 2.23. The molecule has 0 bridgehead atoms. The number of nitrogens with zero attached hydrogens (tertiary/aromatic N) is 2. The smallest absolute Gasteiger partial charge is 0.234 e. The fourth-order valence-corrected chi connectivity index (χ4v) is 3.29. The van der Waals surface area contributed by atoms with E-state index in [4.69, 9.17) is 0 Å². The molecule has 0 aliphatic rings. The molecule has 2 aromatic heterocycles. The van der Waals surface area contributed by atoms with Gasteiger partial charge in [-0.25, -0.2) is 4.39 Å². The van der Waals surface area contributed by atoms with Gasteiger partial charge in [0.2, 0.25) is 5.91 Å². The third-order valence-electron chi connectivity index (χ3n) is 3.68. The normalized spacial score (nSPS) is 11.0. The Hall–Kier alpha value is -2.41. The molecule has 1 amide bonds. The van der Waals surface area contributed by atoms with Crippen LogP contribution in [0, 0.1) is 19.7 Å². The number of thioether (sulfide) groups is 1. The Balaban J connectivity index is 1.63. The molecule has 7 heteroatoms. The van der Waals surface area contributed by atoms with Crippen LogP contribution in [0.1, 0.15) is 17.0 Å². The molecule has 124 valence electrons. The van der Waals surface area contributed by atoms with Crippen molar-refractivity contribution in [2.24, 2.45) is 0 Å². The van der Waals surface area contributed by atoms with Crippen LogP contribution in [0.15, 0.2) is 30.5 Å². The summed E-state index contributed by atoms with van der Waals surface area (Å²) in [5.74, 6) is 0.517. The summed E-state index contributed by atoms with van der Waals surface area (Å²) in [6.07, 6.45) is 1.65. The van der Waals surface area contributed by atoms with Crippen molar-refractivity contribution in [2.45, 2.75) is 19.6 Å². The third-order valence-corrected chi connectivity index (χ3v) is 4.66. The van der Waals surface area contributed by atoms with E-state index in [-0.39, 0.29) is 11.7 Å². The molecule has 0 unspecified atom stereocenters. The number of amides is 1. The van der Waals surface area contributed by atoms with Crippen LogP contribution < -0.4 is 5.32 Å². The van der Waals surface area contributed by atoms with Gasteiger partial charge in [0.15, 0.2) is 0 Å². The maximum atomic E-state index is 13.8. The van der Waals surface area contributed by atoms with Crippen LogP contribution in [0.3, 0.4) is 0 Å². The van der Waals surface area contributed by atoms with Crippen LogP contribution in [0.2, 0.25) is 0 Å². The van der Waals surface area contributed by atoms with Gasteiger partial charge in [0.25, 0.3) is 0 Å². The van der Waals surface area contributed by atoms with Gasteiger partial charge in [-0.1, -0.05) is 6.07 Å². The summed E-state index contributed by atoms with van der Waals surface area (Å²) in [5.41, 5.74) is 3.89. The number of carbonyl (C=O) groups is 1. The summed E-state index contributed by atoms with van der Waals surface area (Å²) < 4.78 is 13.8. The van der Waals surface area contributed by atoms with Crippen molar-refractivity contribution in [3.05, 3.63) is 53.2 Å². The Bertz CT molecular complexity index is 874. The molecule has 2 heterocycles. The lowest BCUT2D eigenvalue weighted by molar-refractivity contribution is -0.113. The number of hydrogen-bond acceptors (Lipinski definition) is 4. The summed E-state index contributed by atoms with van der Waals surface area (Å²) in [6.45, 7) is 3.70. The number of rotatable bonds is 5. The topological polar surface area (TPSA) is 70.7 Å².